The maximum atomic E-state index is 12.1. The van der Waals surface area contributed by atoms with Gasteiger partial charge >= 0.3 is 0 Å². The molecule has 2 aromatic carbocycles. The fourth-order valence-electron chi connectivity index (χ4n) is 2.00. The highest BCUT2D eigenvalue weighted by Gasteiger charge is 2.09. The van der Waals surface area contributed by atoms with Gasteiger partial charge in [-0.05, 0) is 36.2 Å². The van der Waals surface area contributed by atoms with Crippen molar-refractivity contribution in [2.75, 3.05) is 11.9 Å². The molecule has 0 saturated heterocycles. The zero-order valence-electron chi connectivity index (χ0n) is 12.7. The van der Waals surface area contributed by atoms with Crippen LogP contribution in [0.15, 0.2) is 60.3 Å². The van der Waals surface area contributed by atoms with Crippen molar-refractivity contribution in [2.45, 2.75) is 6.42 Å². The first-order valence-corrected chi connectivity index (χ1v) is 7.99. The minimum atomic E-state index is -0.495. The Balaban J connectivity index is 1.90. The van der Waals surface area contributed by atoms with Gasteiger partial charge in [-0.3, -0.25) is 4.79 Å². The maximum absolute atomic E-state index is 12.1. The molecule has 0 fully saturated rings. The van der Waals surface area contributed by atoms with E-state index >= 15 is 0 Å². The highest BCUT2D eigenvalue weighted by Crippen LogP contribution is 2.16. The van der Waals surface area contributed by atoms with Gasteiger partial charge in [0.25, 0.3) is 5.91 Å². The zero-order chi connectivity index (χ0) is 17.4. The normalized spacial score (nSPS) is 10.8. The topological polar surface area (TPSA) is 64.9 Å². The molecule has 0 radical (unpaired) electrons. The van der Waals surface area contributed by atoms with E-state index in [9.17, 15) is 4.79 Å². The maximum Gasteiger partial charge on any atom is 0.267 e. The first-order valence-electron chi connectivity index (χ1n) is 7.24. The molecule has 122 valence electrons. The van der Waals surface area contributed by atoms with Crippen molar-refractivity contribution in [3.05, 3.63) is 75.9 Å². The van der Waals surface area contributed by atoms with Gasteiger partial charge in [-0.1, -0.05) is 47.5 Å². The van der Waals surface area contributed by atoms with Gasteiger partial charge in [0.15, 0.2) is 0 Å². The van der Waals surface area contributed by atoms with Gasteiger partial charge in [-0.2, -0.15) is 5.26 Å². The number of anilines is 1. The Morgan fingerprint density at radius 1 is 1.17 bits per heavy atom. The third-order valence-corrected chi connectivity index (χ3v) is 3.79. The predicted octanol–water partition coefficient (Wildman–Crippen LogP) is 4.17. The first kappa shape index (κ1) is 17.9. The second kappa shape index (κ2) is 8.97. The molecule has 2 rings (SSSR count). The second-order valence-corrected chi connectivity index (χ2v) is 5.77. The van der Waals surface area contributed by atoms with Gasteiger partial charge < -0.3 is 10.6 Å². The van der Waals surface area contributed by atoms with Crippen molar-refractivity contribution >= 4 is 34.8 Å². The number of amides is 1. The molecule has 0 aliphatic heterocycles. The van der Waals surface area contributed by atoms with Gasteiger partial charge in [0, 0.05) is 28.5 Å². The Kier molecular flexibility index (Phi) is 6.68. The van der Waals surface area contributed by atoms with Crippen LogP contribution in [0.25, 0.3) is 0 Å². The van der Waals surface area contributed by atoms with Crippen LogP contribution in [0.1, 0.15) is 5.56 Å². The third-order valence-electron chi connectivity index (χ3n) is 3.19. The molecule has 0 atom stereocenters. The van der Waals surface area contributed by atoms with E-state index in [0.29, 0.717) is 28.7 Å². The Bertz CT molecular complexity index is 797. The molecule has 2 aromatic rings. The summed E-state index contributed by atoms with van der Waals surface area (Å²) >= 11 is 11.9. The standard InChI is InChI=1S/C18H15Cl2N3O/c19-15-5-3-6-16(10-15)23-18(24)14(11-21)12-22-9-8-13-4-1-2-7-17(13)20/h1-7,10,12,22H,8-9H2,(H,23,24)/b14-12-. The molecular weight excluding hydrogens is 345 g/mol. The van der Waals surface area contributed by atoms with Crippen LogP contribution in [0.3, 0.4) is 0 Å². The summed E-state index contributed by atoms with van der Waals surface area (Å²) in [6.07, 6.45) is 2.08. The molecule has 4 nitrogen and oxygen atoms in total. The molecule has 1 amide bonds. The van der Waals surface area contributed by atoms with E-state index in [1.807, 2.05) is 30.3 Å². The van der Waals surface area contributed by atoms with Crippen LogP contribution < -0.4 is 10.6 Å². The summed E-state index contributed by atoms with van der Waals surface area (Å²) in [6.45, 7) is 0.555. The Morgan fingerprint density at radius 2 is 1.96 bits per heavy atom. The molecule has 0 aromatic heterocycles. The number of nitriles is 1. The van der Waals surface area contributed by atoms with E-state index in [2.05, 4.69) is 10.6 Å². The van der Waals surface area contributed by atoms with Crippen molar-refractivity contribution < 1.29 is 4.79 Å². The number of nitrogens with one attached hydrogen (secondary N) is 2. The van der Waals surface area contributed by atoms with Gasteiger partial charge in [-0.15, -0.1) is 0 Å². The highest BCUT2D eigenvalue weighted by molar-refractivity contribution is 6.31. The summed E-state index contributed by atoms with van der Waals surface area (Å²) < 4.78 is 0. The summed E-state index contributed by atoms with van der Waals surface area (Å²) in [7, 11) is 0. The minimum absolute atomic E-state index is 0.0193. The van der Waals surface area contributed by atoms with Crippen LogP contribution in [-0.4, -0.2) is 12.5 Å². The molecular formula is C18H15Cl2N3O. The summed E-state index contributed by atoms with van der Waals surface area (Å²) in [5.41, 5.74) is 1.51. The molecule has 0 spiro atoms. The summed E-state index contributed by atoms with van der Waals surface area (Å²) in [5, 5.41) is 15.9. The number of carbonyl (C=O) groups excluding carboxylic acids is 1. The highest BCUT2D eigenvalue weighted by atomic mass is 35.5. The van der Waals surface area contributed by atoms with Crippen molar-refractivity contribution in [3.63, 3.8) is 0 Å². The second-order valence-electron chi connectivity index (χ2n) is 4.93. The monoisotopic (exact) mass is 359 g/mol. The van der Waals surface area contributed by atoms with Gasteiger partial charge in [-0.25, -0.2) is 0 Å². The molecule has 0 saturated carbocycles. The Hall–Kier alpha value is -2.48. The van der Waals surface area contributed by atoms with E-state index in [4.69, 9.17) is 28.5 Å². The number of benzene rings is 2. The van der Waals surface area contributed by atoms with Gasteiger partial charge in [0.1, 0.15) is 11.6 Å². The largest absolute Gasteiger partial charge is 0.389 e. The third kappa shape index (κ3) is 5.31. The van der Waals surface area contributed by atoms with Crippen LogP contribution >= 0.6 is 23.2 Å². The predicted molar refractivity (Wildman–Crippen MR) is 96.9 cm³/mol. The number of rotatable bonds is 6. The quantitative estimate of drug-likeness (QED) is 0.462. The van der Waals surface area contributed by atoms with Crippen molar-refractivity contribution in [2.24, 2.45) is 0 Å². The van der Waals surface area contributed by atoms with Gasteiger partial charge in [0.2, 0.25) is 0 Å². The molecule has 0 heterocycles. The van der Waals surface area contributed by atoms with Crippen LogP contribution in [0.2, 0.25) is 10.0 Å². The Morgan fingerprint density at radius 3 is 2.67 bits per heavy atom. The lowest BCUT2D eigenvalue weighted by molar-refractivity contribution is -0.112. The molecule has 24 heavy (non-hydrogen) atoms. The summed E-state index contributed by atoms with van der Waals surface area (Å²) in [4.78, 5) is 12.1. The average Bonchev–Trinajstić information content (AvgIpc) is 2.56. The number of hydrogen-bond acceptors (Lipinski definition) is 3. The van der Waals surface area contributed by atoms with Crippen molar-refractivity contribution in [3.8, 4) is 6.07 Å². The minimum Gasteiger partial charge on any atom is -0.389 e. The fraction of sp³-hybridized carbons (Fsp3) is 0.111. The van der Waals surface area contributed by atoms with E-state index < -0.39 is 5.91 Å². The molecule has 0 unspecified atom stereocenters. The van der Waals surface area contributed by atoms with E-state index in [1.165, 1.54) is 6.20 Å². The smallest absolute Gasteiger partial charge is 0.267 e. The molecule has 0 bridgehead atoms. The lowest BCUT2D eigenvalue weighted by atomic mass is 10.1. The van der Waals surface area contributed by atoms with Crippen LogP contribution in [0.4, 0.5) is 5.69 Å². The average molecular weight is 360 g/mol. The molecule has 0 aliphatic rings. The number of nitrogens with zero attached hydrogens (tertiary/aromatic N) is 1. The zero-order valence-corrected chi connectivity index (χ0v) is 14.2. The Labute approximate surface area is 150 Å². The van der Waals surface area contributed by atoms with Crippen LogP contribution in [-0.2, 0) is 11.2 Å². The first-order chi connectivity index (χ1) is 11.6. The molecule has 2 N–H and O–H groups in total. The van der Waals surface area contributed by atoms with E-state index in [1.54, 1.807) is 24.3 Å². The van der Waals surface area contributed by atoms with Crippen molar-refractivity contribution in [1.82, 2.24) is 5.32 Å². The van der Waals surface area contributed by atoms with Crippen molar-refractivity contribution in [1.29, 1.82) is 5.26 Å². The number of halogens is 2. The van der Waals surface area contributed by atoms with E-state index in [0.717, 1.165) is 5.56 Å². The lowest BCUT2D eigenvalue weighted by Crippen LogP contribution is -2.18. The SMILES string of the molecule is N#C/C(=C/NCCc1ccccc1Cl)C(=O)Nc1cccc(Cl)c1. The summed E-state index contributed by atoms with van der Waals surface area (Å²) in [6, 6.07) is 16.1. The molecule has 6 heteroatoms. The summed E-state index contributed by atoms with van der Waals surface area (Å²) in [5.74, 6) is -0.495. The van der Waals surface area contributed by atoms with Crippen LogP contribution in [0.5, 0.6) is 0 Å². The van der Waals surface area contributed by atoms with Crippen LogP contribution in [0, 0.1) is 11.3 Å². The lowest BCUT2D eigenvalue weighted by Gasteiger charge is -2.06. The number of hydrogen-bond donors (Lipinski definition) is 2. The van der Waals surface area contributed by atoms with E-state index in [-0.39, 0.29) is 5.57 Å². The fourth-order valence-corrected chi connectivity index (χ4v) is 2.42. The van der Waals surface area contributed by atoms with Gasteiger partial charge in [0.05, 0.1) is 0 Å². The molecule has 0 aliphatic carbocycles. The number of carbonyl (C=O) groups is 1.